The Bertz CT molecular complexity index is 927. The largest absolute Gasteiger partial charge is 0.469 e. The fraction of sp³-hybridized carbons (Fsp3) is 0.696. The third-order valence-corrected chi connectivity index (χ3v) is 8.91. The van der Waals surface area contributed by atoms with E-state index in [0.29, 0.717) is 54.8 Å². The van der Waals surface area contributed by atoms with Gasteiger partial charge in [0.2, 0.25) is 0 Å². The van der Waals surface area contributed by atoms with Gasteiger partial charge in [0, 0.05) is 54.4 Å². The summed E-state index contributed by atoms with van der Waals surface area (Å²) in [7, 11) is -4.50. The SMILES string of the molecule is C[C@]12CC[C@@H]3c4ccc(OC(=O)N(CCCl)CCCl)cc4CC[C@H]3[C@@H]1CC[C@@H]2OP(=O)(O)O.[Na]. The Labute approximate surface area is 233 Å². The minimum Gasteiger partial charge on any atom is -0.410 e. The van der Waals surface area contributed by atoms with Crippen LogP contribution >= 0.6 is 31.0 Å². The number of hydrogen-bond acceptors (Lipinski definition) is 4. The fourth-order valence-corrected chi connectivity index (χ4v) is 7.66. The molecule has 3 aliphatic rings. The molecule has 0 unspecified atom stereocenters. The zero-order valence-corrected chi connectivity index (χ0v) is 24.2. The molecule has 2 N–H and O–H groups in total. The first-order valence-corrected chi connectivity index (χ1v) is 14.2. The van der Waals surface area contributed by atoms with E-state index in [-0.39, 0.29) is 35.0 Å². The predicted octanol–water partition coefficient (Wildman–Crippen LogP) is 4.92. The van der Waals surface area contributed by atoms with Gasteiger partial charge in [-0.3, -0.25) is 4.52 Å². The number of benzene rings is 1. The Morgan fingerprint density at radius 1 is 1.18 bits per heavy atom. The summed E-state index contributed by atoms with van der Waals surface area (Å²) in [5.74, 6) is 2.44. The van der Waals surface area contributed by atoms with Gasteiger partial charge in [-0.1, -0.05) is 13.0 Å². The van der Waals surface area contributed by atoms with Gasteiger partial charge in [-0.15, -0.1) is 23.2 Å². The maximum atomic E-state index is 12.5. The summed E-state index contributed by atoms with van der Waals surface area (Å²) in [5, 5.41) is 0. The second-order valence-corrected chi connectivity index (χ2v) is 11.7. The van der Waals surface area contributed by atoms with Crippen LogP contribution < -0.4 is 4.74 Å². The molecule has 34 heavy (non-hydrogen) atoms. The molecule has 0 bridgehead atoms. The fourth-order valence-electron chi connectivity index (χ4n) is 6.58. The number of carbonyl (C=O) groups excluding carboxylic acids is 1. The van der Waals surface area contributed by atoms with Crippen LogP contribution in [0.4, 0.5) is 4.79 Å². The number of aryl methyl sites for hydroxylation is 1. The Kier molecular flexibility index (Phi) is 9.90. The van der Waals surface area contributed by atoms with Gasteiger partial charge >= 0.3 is 13.9 Å². The summed E-state index contributed by atoms with van der Waals surface area (Å²) in [6.07, 6.45) is 4.55. The van der Waals surface area contributed by atoms with Gasteiger partial charge in [0.1, 0.15) is 5.75 Å². The van der Waals surface area contributed by atoms with Gasteiger partial charge in [0.15, 0.2) is 0 Å². The summed E-state index contributed by atoms with van der Waals surface area (Å²) in [6, 6.07) is 5.93. The maximum absolute atomic E-state index is 12.5. The normalized spacial score (nSPS) is 29.9. The van der Waals surface area contributed by atoms with Gasteiger partial charge in [0.05, 0.1) is 6.10 Å². The maximum Gasteiger partial charge on any atom is 0.469 e. The number of nitrogens with zero attached hydrogens (tertiary/aromatic N) is 1. The van der Waals surface area contributed by atoms with Crippen molar-refractivity contribution in [2.24, 2.45) is 17.3 Å². The van der Waals surface area contributed by atoms with Gasteiger partial charge in [-0.25, -0.2) is 9.36 Å². The molecule has 2 saturated carbocycles. The minimum absolute atomic E-state index is 0. The summed E-state index contributed by atoms with van der Waals surface area (Å²) in [5.41, 5.74) is 2.32. The number of hydrogen-bond donors (Lipinski definition) is 2. The number of carbonyl (C=O) groups is 1. The smallest absolute Gasteiger partial charge is 0.410 e. The van der Waals surface area contributed by atoms with Crippen molar-refractivity contribution in [2.45, 2.75) is 57.5 Å². The first-order chi connectivity index (χ1) is 15.7. The van der Waals surface area contributed by atoms with E-state index in [1.54, 1.807) is 0 Å². The minimum atomic E-state index is -4.50. The Balaban J connectivity index is 0.00000324. The zero-order valence-electron chi connectivity index (χ0n) is 19.8. The van der Waals surface area contributed by atoms with Gasteiger partial charge in [0.25, 0.3) is 0 Å². The average molecular weight is 543 g/mol. The number of halogens is 2. The third kappa shape index (κ3) is 6.00. The number of ether oxygens (including phenoxy) is 1. The van der Waals surface area contributed by atoms with Crippen LogP contribution in [0.25, 0.3) is 0 Å². The predicted molar refractivity (Wildman–Crippen MR) is 133 cm³/mol. The quantitative estimate of drug-likeness (QED) is 0.288. The van der Waals surface area contributed by atoms with Crippen molar-refractivity contribution >= 4 is 66.7 Å². The number of phosphoric ester groups is 1. The molecule has 5 atom stereocenters. The topological polar surface area (TPSA) is 96.3 Å². The molecule has 1 radical (unpaired) electrons. The molecule has 11 heteroatoms. The number of rotatable bonds is 7. The van der Waals surface area contributed by atoms with Crippen LogP contribution in [0.1, 0.15) is 56.1 Å². The van der Waals surface area contributed by atoms with Crippen molar-refractivity contribution < 1.29 is 28.4 Å². The third-order valence-electron chi connectivity index (χ3n) is 8.05. The number of phosphoric acid groups is 1. The van der Waals surface area contributed by atoms with Crippen molar-refractivity contribution in [2.75, 3.05) is 24.8 Å². The number of amides is 1. The van der Waals surface area contributed by atoms with Crippen LogP contribution in [0.3, 0.4) is 0 Å². The Morgan fingerprint density at radius 3 is 2.53 bits per heavy atom. The molecule has 185 valence electrons. The van der Waals surface area contributed by atoms with E-state index in [9.17, 15) is 19.1 Å². The first-order valence-electron chi connectivity index (χ1n) is 11.6. The van der Waals surface area contributed by atoms with Crippen LogP contribution in [0.15, 0.2) is 18.2 Å². The molecule has 0 spiro atoms. The second kappa shape index (κ2) is 11.7. The van der Waals surface area contributed by atoms with Crippen LogP contribution in [0.5, 0.6) is 5.75 Å². The Morgan fingerprint density at radius 2 is 1.88 bits per heavy atom. The van der Waals surface area contributed by atoms with E-state index in [1.165, 1.54) is 16.0 Å². The molecular weight excluding hydrogens is 511 g/mol. The molecule has 2 fully saturated rings. The molecule has 0 aliphatic heterocycles. The molecule has 1 amide bonds. The van der Waals surface area contributed by atoms with E-state index < -0.39 is 20.0 Å². The molecular formula is C23H32Cl2NNaO6P. The molecule has 0 saturated heterocycles. The summed E-state index contributed by atoms with van der Waals surface area (Å²) >= 11 is 11.6. The van der Waals surface area contributed by atoms with E-state index in [4.69, 9.17) is 32.5 Å². The second-order valence-electron chi connectivity index (χ2n) is 9.72. The molecule has 4 rings (SSSR count). The van der Waals surface area contributed by atoms with Crippen molar-refractivity contribution in [3.63, 3.8) is 0 Å². The summed E-state index contributed by atoms with van der Waals surface area (Å²) in [6.45, 7) is 2.91. The standard InChI is InChI=1S/C23H32Cl2NO6P.Na/c1-23-9-8-18-17-5-3-16(31-22(27)26(12-10-24)13-11-25)14-15(17)2-4-19(18)20(23)6-7-21(23)32-33(28,29)30;/h3,5,14,18-21H,2,4,6-13H2,1H3,(H2,28,29,30);/t18-,19-,20+,21+,23+;/m1./s1. The molecule has 0 heterocycles. The summed E-state index contributed by atoms with van der Waals surface area (Å²) in [4.78, 5) is 32.7. The van der Waals surface area contributed by atoms with Crippen molar-refractivity contribution in [1.29, 1.82) is 0 Å². The monoisotopic (exact) mass is 542 g/mol. The van der Waals surface area contributed by atoms with Crippen molar-refractivity contribution in [1.82, 2.24) is 4.90 Å². The van der Waals surface area contributed by atoms with Gasteiger partial charge in [-0.2, -0.15) is 0 Å². The number of fused-ring (bicyclic) bond motifs is 5. The zero-order chi connectivity index (χ0) is 23.8. The van der Waals surface area contributed by atoms with E-state index in [1.807, 2.05) is 12.1 Å². The van der Waals surface area contributed by atoms with Crippen LogP contribution in [-0.4, -0.2) is 81.3 Å². The molecule has 7 nitrogen and oxygen atoms in total. The Hall–Kier alpha value is 0.180. The van der Waals surface area contributed by atoms with Gasteiger partial charge in [-0.05, 0) is 85.0 Å². The first kappa shape index (κ1) is 28.7. The average Bonchev–Trinajstić information content (AvgIpc) is 3.08. The molecule has 1 aromatic carbocycles. The van der Waals surface area contributed by atoms with Crippen LogP contribution in [0.2, 0.25) is 0 Å². The van der Waals surface area contributed by atoms with Crippen molar-refractivity contribution in [3.8, 4) is 5.75 Å². The number of alkyl halides is 2. The van der Waals surface area contributed by atoms with E-state index >= 15 is 0 Å². The van der Waals surface area contributed by atoms with Crippen LogP contribution in [-0.2, 0) is 15.5 Å². The summed E-state index contributed by atoms with van der Waals surface area (Å²) < 4.78 is 22.3. The van der Waals surface area contributed by atoms with Crippen molar-refractivity contribution in [3.05, 3.63) is 29.3 Å². The van der Waals surface area contributed by atoms with E-state index in [2.05, 4.69) is 13.0 Å². The van der Waals surface area contributed by atoms with Gasteiger partial charge < -0.3 is 19.4 Å². The molecule has 1 aromatic rings. The van der Waals surface area contributed by atoms with Crippen LogP contribution in [0, 0.1) is 17.3 Å². The van der Waals surface area contributed by atoms with E-state index in [0.717, 1.165) is 32.1 Å². The molecule has 3 aliphatic carbocycles. The molecule has 0 aromatic heterocycles.